The molecule has 0 radical (unpaired) electrons. The van der Waals surface area contributed by atoms with E-state index in [2.05, 4.69) is 19.2 Å². The Bertz CT molecular complexity index is 544. The van der Waals surface area contributed by atoms with Gasteiger partial charge in [-0.1, -0.05) is 26.0 Å². The molecule has 1 aromatic carbocycles. The van der Waals surface area contributed by atoms with Gasteiger partial charge in [-0.25, -0.2) is 0 Å². The molecule has 1 aliphatic heterocycles. The largest absolute Gasteiger partial charge is 0.334 e. The zero-order valence-corrected chi connectivity index (χ0v) is 13.3. The van der Waals surface area contributed by atoms with Crippen LogP contribution in [0, 0.1) is 25.7 Å². The molecule has 2 atom stereocenters. The van der Waals surface area contributed by atoms with Crippen LogP contribution in [-0.2, 0) is 9.59 Å². The Morgan fingerprint density at radius 3 is 2.38 bits per heavy atom. The summed E-state index contributed by atoms with van der Waals surface area (Å²) in [6, 6.07) is 5.70. The van der Waals surface area contributed by atoms with Gasteiger partial charge in [0.1, 0.15) is 0 Å². The number of hydrogen-bond donors (Lipinski definition) is 1. The molecule has 0 aromatic heterocycles. The number of piperidine rings is 1. The molecule has 1 aromatic rings. The lowest BCUT2D eigenvalue weighted by Crippen LogP contribution is -2.47. The third kappa shape index (κ3) is 3.63. The molecular weight excluding hydrogens is 264 g/mol. The summed E-state index contributed by atoms with van der Waals surface area (Å²) < 4.78 is 0. The Kier molecular flexibility index (Phi) is 4.66. The molecule has 2 unspecified atom stereocenters. The first-order valence-corrected chi connectivity index (χ1v) is 7.55. The highest BCUT2D eigenvalue weighted by Crippen LogP contribution is 2.22. The van der Waals surface area contributed by atoms with Crippen molar-refractivity contribution in [2.24, 2.45) is 11.8 Å². The fourth-order valence-electron chi connectivity index (χ4n) is 3.03. The molecular formula is C17H24N2O2. The number of aryl methyl sites for hydroxylation is 1. The average Bonchev–Trinajstić information content (AvgIpc) is 2.42. The van der Waals surface area contributed by atoms with Crippen molar-refractivity contribution in [2.45, 2.75) is 34.1 Å². The average molecular weight is 288 g/mol. The SMILES string of the molecule is Cc1cccc(NC(=O)C(=O)N2CC(C)CC(C)C2)c1C. The van der Waals surface area contributed by atoms with Crippen LogP contribution in [0.3, 0.4) is 0 Å². The number of rotatable bonds is 1. The van der Waals surface area contributed by atoms with Crippen molar-refractivity contribution in [1.29, 1.82) is 0 Å². The molecule has 0 bridgehead atoms. The number of anilines is 1. The van der Waals surface area contributed by atoms with Crippen molar-refractivity contribution in [3.05, 3.63) is 29.3 Å². The molecule has 1 saturated heterocycles. The van der Waals surface area contributed by atoms with E-state index >= 15 is 0 Å². The number of carbonyl (C=O) groups excluding carboxylic acids is 2. The zero-order valence-electron chi connectivity index (χ0n) is 13.3. The van der Waals surface area contributed by atoms with Crippen molar-refractivity contribution < 1.29 is 9.59 Å². The quantitative estimate of drug-likeness (QED) is 0.808. The summed E-state index contributed by atoms with van der Waals surface area (Å²) in [7, 11) is 0. The maximum absolute atomic E-state index is 12.3. The third-order valence-corrected chi connectivity index (χ3v) is 4.20. The predicted octanol–water partition coefficient (Wildman–Crippen LogP) is 2.75. The van der Waals surface area contributed by atoms with Gasteiger partial charge in [-0.2, -0.15) is 0 Å². The third-order valence-electron chi connectivity index (χ3n) is 4.20. The zero-order chi connectivity index (χ0) is 15.6. The van der Waals surface area contributed by atoms with Gasteiger partial charge in [-0.3, -0.25) is 9.59 Å². The van der Waals surface area contributed by atoms with Gasteiger partial charge in [-0.15, -0.1) is 0 Å². The number of carbonyl (C=O) groups is 2. The lowest BCUT2D eigenvalue weighted by Gasteiger charge is -2.34. The van der Waals surface area contributed by atoms with Gasteiger partial charge in [0.05, 0.1) is 0 Å². The Balaban J connectivity index is 2.06. The molecule has 4 heteroatoms. The van der Waals surface area contributed by atoms with E-state index in [4.69, 9.17) is 0 Å². The minimum absolute atomic E-state index is 0.422. The van der Waals surface area contributed by atoms with Crippen LogP contribution in [0.4, 0.5) is 5.69 Å². The number of nitrogens with zero attached hydrogens (tertiary/aromatic N) is 1. The van der Waals surface area contributed by atoms with Crippen LogP contribution in [0.2, 0.25) is 0 Å². The smallest absolute Gasteiger partial charge is 0.313 e. The molecule has 2 rings (SSSR count). The molecule has 2 amide bonds. The summed E-state index contributed by atoms with van der Waals surface area (Å²) >= 11 is 0. The van der Waals surface area contributed by atoms with E-state index in [1.165, 1.54) is 0 Å². The Morgan fingerprint density at radius 2 is 1.76 bits per heavy atom. The molecule has 1 fully saturated rings. The Labute approximate surface area is 126 Å². The molecule has 1 N–H and O–H groups in total. The summed E-state index contributed by atoms with van der Waals surface area (Å²) in [5.74, 6) is -0.0586. The standard InChI is InChI=1S/C17H24N2O2/c1-11-8-12(2)10-19(9-11)17(21)16(20)18-15-7-5-6-13(3)14(15)4/h5-7,11-12H,8-10H2,1-4H3,(H,18,20). The van der Waals surface area contributed by atoms with Gasteiger partial charge in [0.25, 0.3) is 0 Å². The first kappa shape index (κ1) is 15.5. The van der Waals surface area contributed by atoms with Crippen LogP contribution in [0.5, 0.6) is 0 Å². The minimum atomic E-state index is -0.537. The van der Waals surface area contributed by atoms with Gasteiger partial charge in [0.2, 0.25) is 0 Å². The lowest BCUT2D eigenvalue weighted by molar-refractivity contribution is -0.144. The predicted molar refractivity (Wildman–Crippen MR) is 84.1 cm³/mol. The lowest BCUT2D eigenvalue weighted by atomic mass is 9.92. The maximum atomic E-state index is 12.3. The minimum Gasteiger partial charge on any atom is -0.334 e. The van der Waals surface area contributed by atoms with Crippen molar-refractivity contribution in [1.82, 2.24) is 4.90 Å². The Morgan fingerprint density at radius 1 is 1.14 bits per heavy atom. The molecule has 0 saturated carbocycles. The highest BCUT2D eigenvalue weighted by atomic mass is 16.2. The van der Waals surface area contributed by atoms with Crippen LogP contribution in [0.25, 0.3) is 0 Å². The second-order valence-corrected chi connectivity index (χ2v) is 6.36. The van der Waals surface area contributed by atoms with E-state index in [-0.39, 0.29) is 0 Å². The van der Waals surface area contributed by atoms with Crippen LogP contribution >= 0.6 is 0 Å². The second-order valence-electron chi connectivity index (χ2n) is 6.36. The highest BCUT2D eigenvalue weighted by molar-refractivity contribution is 6.39. The van der Waals surface area contributed by atoms with E-state index in [9.17, 15) is 9.59 Å². The van der Waals surface area contributed by atoms with Gasteiger partial charge in [-0.05, 0) is 49.3 Å². The maximum Gasteiger partial charge on any atom is 0.313 e. The summed E-state index contributed by atoms with van der Waals surface area (Å²) in [5, 5.41) is 2.75. The van der Waals surface area contributed by atoms with Crippen LogP contribution in [-0.4, -0.2) is 29.8 Å². The molecule has 114 valence electrons. The fraction of sp³-hybridized carbons (Fsp3) is 0.529. The molecule has 0 spiro atoms. The second kappa shape index (κ2) is 6.29. The number of hydrogen-bond acceptors (Lipinski definition) is 2. The van der Waals surface area contributed by atoms with Gasteiger partial charge in [0.15, 0.2) is 0 Å². The normalized spacial score (nSPS) is 22.0. The van der Waals surface area contributed by atoms with Crippen molar-refractivity contribution in [3.8, 4) is 0 Å². The van der Waals surface area contributed by atoms with Crippen molar-refractivity contribution in [2.75, 3.05) is 18.4 Å². The van der Waals surface area contributed by atoms with E-state index < -0.39 is 11.8 Å². The van der Waals surface area contributed by atoms with Crippen molar-refractivity contribution in [3.63, 3.8) is 0 Å². The topological polar surface area (TPSA) is 49.4 Å². The monoisotopic (exact) mass is 288 g/mol. The van der Waals surface area contributed by atoms with E-state index in [1.807, 2.05) is 32.0 Å². The van der Waals surface area contributed by atoms with Gasteiger partial charge >= 0.3 is 11.8 Å². The van der Waals surface area contributed by atoms with Crippen molar-refractivity contribution >= 4 is 17.5 Å². The van der Waals surface area contributed by atoms with E-state index in [0.717, 1.165) is 17.5 Å². The highest BCUT2D eigenvalue weighted by Gasteiger charge is 2.29. The summed E-state index contributed by atoms with van der Waals surface area (Å²) in [6.07, 6.45) is 1.11. The van der Waals surface area contributed by atoms with Crippen LogP contribution < -0.4 is 5.32 Å². The molecule has 21 heavy (non-hydrogen) atoms. The van der Waals surface area contributed by atoms with Gasteiger partial charge in [0, 0.05) is 18.8 Å². The summed E-state index contributed by atoms with van der Waals surface area (Å²) in [4.78, 5) is 26.2. The fourth-order valence-corrected chi connectivity index (χ4v) is 3.03. The molecule has 1 aliphatic rings. The Hall–Kier alpha value is -1.84. The summed E-state index contributed by atoms with van der Waals surface area (Å²) in [6.45, 7) is 9.52. The van der Waals surface area contributed by atoms with Crippen LogP contribution in [0.1, 0.15) is 31.4 Å². The molecule has 1 heterocycles. The number of amides is 2. The van der Waals surface area contributed by atoms with E-state index in [1.54, 1.807) is 4.90 Å². The molecule has 4 nitrogen and oxygen atoms in total. The van der Waals surface area contributed by atoms with Crippen LogP contribution in [0.15, 0.2) is 18.2 Å². The van der Waals surface area contributed by atoms with E-state index in [0.29, 0.717) is 30.6 Å². The van der Waals surface area contributed by atoms with Gasteiger partial charge < -0.3 is 10.2 Å². The number of nitrogens with one attached hydrogen (secondary N) is 1. The first-order chi connectivity index (χ1) is 9.88. The first-order valence-electron chi connectivity index (χ1n) is 7.55. The number of likely N-dealkylation sites (tertiary alicyclic amines) is 1. The number of benzene rings is 1. The summed E-state index contributed by atoms with van der Waals surface area (Å²) in [5.41, 5.74) is 2.81. The molecule has 0 aliphatic carbocycles.